The van der Waals surface area contributed by atoms with Crippen molar-refractivity contribution in [3.63, 3.8) is 0 Å². The first-order valence-electron chi connectivity index (χ1n) is 6.85. The van der Waals surface area contributed by atoms with Gasteiger partial charge in [0.15, 0.2) is 12.3 Å². The minimum absolute atomic E-state index is 0.00225. The van der Waals surface area contributed by atoms with Crippen molar-refractivity contribution in [1.82, 2.24) is 14.6 Å². The SMILES string of the molecule is FC(F)(F)COc1ccc(-c2ccc3nnc(C(F)(F)F)n3c2)cc1. The number of benzene rings is 1. The topological polar surface area (TPSA) is 39.4 Å². The van der Waals surface area contributed by atoms with Gasteiger partial charge >= 0.3 is 12.4 Å². The van der Waals surface area contributed by atoms with E-state index in [1.165, 1.54) is 42.6 Å². The molecule has 0 spiro atoms. The molecule has 10 heteroatoms. The van der Waals surface area contributed by atoms with Crippen molar-refractivity contribution in [2.75, 3.05) is 6.61 Å². The molecule has 25 heavy (non-hydrogen) atoms. The molecule has 0 bridgehead atoms. The predicted molar refractivity (Wildman–Crippen MR) is 75.0 cm³/mol. The molecular formula is C15H9F6N3O. The van der Waals surface area contributed by atoms with Gasteiger partial charge in [0.1, 0.15) is 5.75 Å². The summed E-state index contributed by atoms with van der Waals surface area (Å²) < 4.78 is 80.4. The van der Waals surface area contributed by atoms with Crippen LogP contribution in [0, 0.1) is 0 Å². The van der Waals surface area contributed by atoms with E-state index in [0.717, 1.165) is 4.40 Å². The van der Waals surface area contributed by atoms with Crippen molar-refractivity contribution >= 4 is 5.65 Å². The highest BCUT2D eigenvalue weighted by Crippen LogP contribution is 2.30. The monoisotopic (exact) mass is 361 g/mol. The summed E-state index contributed by atoms with van der Waals surface area (Å²) in [5, 5.41) is 6.57. The van der Waals surface area contributed by atoms with Crippen LogP contribution in [-0.4, -0.2) is 27.4 Å². The van der Waals surface area contributed by atoms with Crippen molar-refractivity contribution in [3.05, 3.63) is 48.4 Å². The molecule has 0 fully saturated rings. The Kier molecular flexibility index (Phi) is 4.05. The van der Waals surface area contributed by atoms with Gasteiger partial charge in [0, 0.05) is 6.20 Å². The molecule has 3 rings (SSSR count). The van der Waals surface area contributed by atoms with E-state index < -0.39 is 24.8 Å². The molecule has 0 aliphatic carbocycles. The molecule has 4 nitrogen and oxygen atoms in total. The smallest absolute Gasteiger partial charge is 0.452 e. The number of aromatic nitrogens is 3. The Hall–Kier alpha value is -2.78. The summed E-state index contributed by atoms with van der Waals surface area (Å²) in [7, 11) is 0. The lowest BCUT2D eigenvalue weighted by Crippen LogP contribution is -2.19. The number of fused-ring (bicyclic) bond motifs is 1. The van der Waals surface area contributed by atoms with Gasteiger partial charge in [0.25, 0.3) is 0 Å². The number of halogens is 6. The lowest BCUT2D eigenvalue weighted by Gasteiger charge is -2.10. The predicted octanol–water partition coefficient (Wildman–Crippen LogP) is 4.36. The van der Waals surface area contributed by atoms with E-state index >= 15 is 0 Å². The molecule has 0 saturated heterocycles. The lowest BCUT2D eigenvalue weighted by atomic mass is 10.1. The van der Waals surface area contributed by atoms with Gasteiger partial charge in [-0.05, 0) is 35.4 Å². The second-order valence-corrected chi connectivity index (χ2v) is 5.10. The van der Waals surface area contributed by atoms with Crippen LogP contribution in [0.25, 0.3) is 16.8 Å². The molecule has 0 unspecified atom stereocenters. The molecule has 0 atom stereocenters. The Bertz CT molecular complexity index is 883. The van der Waals surface area contributed by atoms with Crippen molar-refractivity contribution in [2.24, 2.45) is 0 Å². The van der Waals surface area contributed by atoms with Crippen LogP contribution in [0.2, 0.25) is 0 Å². The third kappa shape index (κ3) is 3.83. The Labute approximate surface area is 136 Å². The first-order chi connectivity index (χ1) is 11.6. The van der Waals surface area contributed by atoms with Gasteiger partial charge in [-0.2, -0.15) is 26.3 Å². The maximum Gasteiger partial charge on any atom is 0.452 e. The first-order valence-corrected chi connectivity index (χ1v) is 6.85. The van der Waals surface area contributed by atoms with E-state index in [1.54, 1.807) is 0 Å². The molecule has 3 aromatic rings. The average Bonchev–Trinajstić information content (AvgIpc) is 2.96. The zero-order valence-corrected chi connectivity index (χ0v) is 12.3. The zero-order chi connectivity index (χ0) is 18.2. The average molecular weight is 361 g/mol. The normalized spacial score (nSPS) is 12.6. The Morgan fingerprint density at radius 2 is 1.48 bits per heavy atom. The minimum Gasteiger partial charge on any atom is -0.484 e. The van der Waals surface area contributed by atoms with Gasteiger partial charge in [-0.15, -0.1) is 10.2 Å². The second kappa shape index (κ2) is 5.94. The summed E-state index contributed by atoms with van der Waals surface area (Å²) in [5.41, 5.74) is 0.949. The molecule has 0 aliphatic heterocycles. The second-order valence-electron chi connectivity index (χ2n) is 5.10. The Morgan fingerprint density at radius 1 is 0.840 bits per heavy atom. The zero-order valence-electron chi connectivity index (χ0n) is 12.3. The molecule has 2 heterocycles. The lowest BCUT2D eigenvalue weighted by molar-refractivity contribution is -0.153. The largest absolute Gasteiger partial charge is 0.484 e. The molecule has 2 aromatic heterocycles. The molecule has 132 valence electrons. The molecular weight excluding hydrogens is 352 g/mol. The number of pyridine rings is 1. The van der Waals surface area contributed by atoms with Crippen LogP contribution in [0.1, 0.15) is 5.82 Å². The maximum absolute atomic E-state index is 12.9. The van der Waals surface area contributed by atoms with E-state index in [0.29, 0.717) is 11.1 Å². The van der Waals surface area contributed by atoms with Gasteiger partial charge in [-0.25, -0.2) is 0 Å². The van der Waals surface area contributed by atoms with Crippen LogP contribution in [0.4, 0.5) is 26.3 Å². The van der Waals surface area contributed by atoms with Crippen LogP contribution in [0.15, 0.2) is 42.6 Å². The maximum atomic E-state index is 12.9. The van der Waals surface area contributed by atoms with Gasteiger partial charge in [-0.1, -0.05) is 12.1 Å². The van der Waals surface area contributed by atoms with E-state index in [-0.39, 0.29) is 11.4 Å². The molecule has 0 amide bonds. The highest BCUT2D eigenvalue weighted by atomic mass is 19.4. The summed E-state index contributed by atoms with van der Waals surface area (Å²) in [6.45, 7) is -1.42. The van der Waals surface area contributed by atoms with Crippen molar-refractivity contribution in [3.8, 4) is 16.9 Å². The van der Waals surface area contributed by atoms with Crippen LogP contribution >= 0.6 is 0 Å². The van der Waals surface area contributed by atoms with Gasteiger partial charge < -0.3 is 4.74 Å². The Morgan fingerprint density at radius 3 is 2.08 bits per heavy atom. The molecule has 0 saturated carbocycles. The highest BCUT2D eigenvalue weighted by Gasteiger charge is 2.36. The first kappa shape index (κ1) is 17.1. The summed E-state index contributed by atoms with van der Waals surface area (Å²) in [4.78, 5) is 0. The van der Waals surface area contributed by atoms with Crippen molar-refractivity contribution in [1.29, 1.82) is 0 Å². The number of alkyl halides is 6. The third-order valence-corrected chi connectivity index (χ3v) is 3.25. The quantitative estimate of drug-likeness (QED) is 0.651. The van der Waals surface area contributed by atoms with Crippen LogP contribution in [-0.2, 0) is 6.18 Å². The number of rotatable bonds is 3. The summed E-state index contributed by atoms with van der Waals surface area (Å²) in [6.07, 6.45) is -7.90. The van der Waals surface area contributed by atoms with Crippen LogP contribution in [0.5, 0.6) is 5.75 Å². The van der Waals surface area contributed by atoms with Crippen LogP contribution < -0.4 is 4.74 Å². The molecule has 0 N–H and O–H groups in total. The number of nitrogens with zero attached hydrogens (tertiary/aromatic N) is 3. The van der Waals surface area contributed by atoms with E-state index in [2.05, 4.69) is 14.9 Å². The fourth-order valence-electron chi connectivity index (χ4n) is 2.16. The summed E-state index contributed by atoms with van der Waals surface area (Å²) >= 11 is 0. The summed E-state index contributed by atoms with van der Waals surface area (Å²) in [6, 6.07) is 8.42. The van der Waals surface area contributed by atoms with Crippen LogP contribution in [0.3, 0.4) is 0 Å². The number of ether oxygens (including phenoxy) is 1. The fraction of sp³-hybridized carbons (Fsp3) is 0.200. The number of hydrogen-bond donors (Lipinski definition) is 0. The van der Waals surface area contributed by atoms with E-state index in [9.17, 15) is 26.3 Å². The standard InChI is InChI=1S/C15H9F6N3O/c16-14(17,18)8-25-11-4-1-9(2-5-11)10-3-6-12-22-23-13(15(19,20)21)24(12)7-10/h1-7H,8H2. The minimum atomic E-state index is -4.66. The molecule has 0 radical (unpaired) electrons. The van der Waals surface area contributed by atoms with E-state index in [4.69, 9.17) is 0 Å². The molecule has 1 aromatic carbocycles. The number of hydrogen-bond acceptors (Lipinski definition) is 3. The fourth-order valence-corrected chi connectivity index (χ4v) is 2.16. The summed E-state index contributed by atoms with van der Waals surface area (Å²) in [5.74, 6) is -1.16. The third-order valence-electron chi connectivity index (χ3n) is 3.25. The van der Waals surface area contributed by atoms with Crippen molar-refractivity contribution in [2.45, 2.75) is 12.4 Å². The van der Waals surface area contributed by atoms with Gasteiger partial charge in [0.05, 0.1) is 0 Å². The van der Waals surface area contributed by atoms with E-state index in [1.807, 2.05) is 0 Å². The van der Waals surface area contributed by atoms with Crippen molar-refractivity contribution < 1.29 is 31.1 Å². The highest BCUT2D eigenvalue weighted by molar-refractivity contribution is 5.65. The van der Waals surface area contributed by atoms with Gasteiger partial charge in [0.2, 0.25) is 5.82 Å². The van der Waals surface area contributed by atoms with Gasteiger partial charge in [-0.3, -0.25) is 4.40 Å². The Balaban J connectivity index is 1.89. The molecule has 0 aliphatic rings.